The van der Waals surface area contributed by atoms with E-state index in [0.29, 0.717) is 39.6 Å². The van der Waals surface area contributed by atoms with Gasteiger partial charge in [-0.3, -0.25) is 25.0 Å². The van der Waals surface area contributed by atoms with Crippen LogP contribution in [0.2, 0.25) is 0 Å². The lowest BCUT2D eigenvalue weighted by atomic mass is 10.2. The van der Waals surface area contributed by atoms with Gasteiger partial charge < -0.3 is 4.74 Å². The van der Waals surface area contributed by atoms with Crippen LogP contribution in [-0.2, 0) is 4.74 Å². The van der Waals surface area contributed by atoms with Gasteiger partial charge in [-0.05, 0) is 64.1 Å². The Labute approximate surface area is 205 Å². The van der Waals surface area contributed by atoms with Crippen LogP contribution in [0.3, 0.4) is 0 Å². The summed E-state index contributed by atoms with van der Waals surface area (Å²) in [5.41, 5.74) is 4.29. The molecule has 0 unspecified atom stereocenters. The number of non-ortho nitro benzene ring substituents is 1. The summed E-state index contributed by atoms with van der Waals surface area (Å²) in [7, 11) is 0. The Balaban J connectivity index is 1.63. The van der Waals surface area contributed by atoms with E-state index < -0.39 is 10.9 Å². The van der Waals surface area contributed by atoms with Crippen molar-refractivity contribution in [3.05, 3.63) is 97.2 Å². The third-order valence-corrected chi connectivity index (χ3v) is 5.63. The van der Waals surface area contributed by atoms with E-state index in [1.54, 1.807) is 61.9 Å². The first kappa shape index (κ1) is 24.3. The molecule has 2 aromatic heterocycles. The molecule has 0 atom stereocenters. The Morgan fingerprint density at radius 1 is 1.11 bits per heavy atom. The molecule has 0 bridgehead atoms. The molecule has 0 radical (unpaired) electrons. The molecule has 184 valence electrons. The van der Waals surface area contributed by atoms with Gasteiger partial charge in [0.1, 0.15) is 5.69 Å². The normalized spacial score (nSPS) is 11.2. The van der Waals surface area contributed by atoms with Gasteiger partial charge in [-0.15, -0.1) is 0 Å². The molecule has 0 aliphatic rings. The fourth-order valence-corrected chi connectivity index (χ4v) is 3.77. The number of rotatable bonds is 7. The summed E-state index contributed by atoms with van der Waals surface area (Å²) >= 11 is 0. The minimum absolute atomic E-state index is 0.00623. The van der Waals surface area contributed by atoms with Crippen LogP contribution in [0.4, 0.5) is 11.4 Å². The first-order valence-corrected chi connectivity index (χ1v) is 11.2. The van der Waals surface area contributed by atoms with E-state index in [2.05, 4.69) is 15.2 Å². The van der Waals surface area contributed by atoms with Gasteiger partial charge in [-0.25, -0.2) is 14.2 Å². The van der Waals surface area contributed by atoms with Gasteiger partial charge in [0, 0.05) is 24.0 Å². The number of aryl methyl sites for hydroxylation is 2. The summed E-state index contributed by atoms with van der Waals surface area (Å²) in [6.45, 7) is 7.42. The zero-order chi connectivity index (χ0) is 26.0. The maximum atomic E-state index is 13.1. The fraction of sp³-hybridized carbons (Fsp3) is 0.200. The smallest absolute Gasteiger partial charge is 0.338 e. The highest BCUT2D eigenvalue weighted by molar-refractivity contribution is 5.89. The van der Waals surface area contributed by atoms with Crippen LogP contribution in [-0.4, -0.2) is 43.3 Å². The zero-order valence-corrected chi connectivity index (χ0v) is 20.2. The zero-order valence-electron chi connectivity index (χ0n) is 20.2. The number of aliphatic imine (C=N–C) groups is 1. The summed E-state index contributed by atoms with van der Waals surface area (Å²) in [4.78, 5) is 40.0. The number of nitrogens with one attached hydrogen (secondary N) is 1. The summed E-state index contributed by atoms with van der Waals surface area (Å²) in [5, 5.41) is 18.5. The van der Waals surface area contributed by atoms with E-state index in [4.69, 9.17) is 4.74 Å². The number of hydrogen-bond acceptors (Lipinski definition) is 7. The van der Waals surface area contributed by atoms with Crippen LogP contribution in [0.1, 0.15) is 39.9 Å². The molecule has 11 nitrogen and oxygen atoms in total. The number of nitro groups is 1. The lowest BCUT2D eigenvalue weighted by molar-refractivity contribution is -0.384. The number of aromatic amines is 1. The van der Waals surface area contributed by atoms with Crippen molar-refractivity contribution < 1.29 is 14.5 Å². The largest absolute Gasteiger partial charge is 0.462 e. The molecule has 0 aliphatic carbocycles. The fourth-order valence-electron chi connectivity index (χ4n) is 3.77. The number of carbonyl (C=O) groups is 1. The van der Waals surface area contributed by atoms with E-state index in [0.717, 1.165) is 5.69 Å². The summed E-state index contributed by atoms with van der Waals surface area (Å²) in [5.74, 6) is -0.424. The Morgan fingerprint density at radius 3 is 2.36 bits per heavy atom. The maximum absolute atomic E-state index is 13.1. The van der Waals surface area contributed by atoms with Gasteiger partial charge >= 0.3 is 5.97 Å². The van der Waals surface area contributed by atoms with Gasteiger partial charge in [-0.2, -0.15) is 5.10 Å². The van der Waals surface area contributed by atoms with Crippen molar-refractivity contribution in [3.8, 4) is 11.4 Å². The molecule has 0 saturated heterocycles. The Morgan fingerprint density at radius 2 is 1.75 bits per heavy atom. The lowest BCUT2D eigenvalue weighted by Gasteiger charge is -2.04. The van der Waals surface area contributed by atoms with Crippen molar-refractivity contribution in [2.24, 2.45) is 4.99 Å². The quantitative estimate of drug-likeness (QED) is 0.180. The number of benzene rings is 2. The summed E-state index contributed by atoms with van der Waals surface area (Å²) in [6.07, 6.45) is 1.49. The molecule has 11 heteroatoms. The topological polar surface area (TPSA) is 137 Å². The minimum Gasteiger partial charge on any atom is -0.462 e. The summed E-state index contributed by atoms with van der Waals surface area (Å²) < 4.78 is 8.02. The van der Waals surface area contributed by atoms with Gasteiger partial charge in [0.25, 0.3) is 11.2 Å². The molecule has 4 aromatic rings. The SMILES string of the molecule is CCOC(=O)c1ccc(-n2[nH]c(C)c(C=Nc3c(C)nn(-c4ccc([N+](=O)[O-])cc4)c3C)c2=O)cc1. The standard InChI is InChI=1S/C25H24N6O5/c1-5-36-25(33)18-6-8-20(9-7-18)30-24(32)22(15(2)27-30)14-26-23-16(3)28-29(17(23)4)19-10-12-21(13-11-19)31(34)35/h6-14,27H,5H2,1-4H3. The number of carbonyl (C=O) groups excluding carboxylic acids is 1. The van der Waals surface area contributed by atoms with E-state index in [1.807, 2.05) is 6.92 Å². The molecule has 1 N–H and O–H groups in total. The third-order valence-electron chi connectivity index (χ3n) is 5.63. The Hall–Kier alpha value is -4.80. The number of esters is 1. The third kappa shape index (κ3) is 4.58. The molecule has 4 rings (SSSR count). The molecule has 0 spiro atoms. The van der Waals surface area contributed by atoms with Crippen LogP contribution in [0.25, 0.3) is 11.4 Å². The Bertz CT molecular complexity index is 1520. The number of H-pyrrole nitrogens is 1. The van der Waals surface area contributed by atoms with E-state index in [1.165, 1.54) is 23.0 Å². The number of hydrogen-bond donors (Lipinski definition) is 1. The predicted octanol–water partition coefficient (Wildman–Crippen LogP) is 4.11. The van der Waals surface area contributed by atoms with Gasteiger partial charge in [-0.1, -0.05) is 0 Å². The van der Waals surface area contributed by atoms with Crippen LogP contribution in [0.5, 0.6) is 0 Å². The molecule has 0 saturated carbocycles. The highest BCUT2D eigenvalue weighted by Gasteiger charge is 2.16. The predicted molar refractivity (Wildman–Crippen MR) is 134 cm³/mol. The highest BCUT2D eigenvalue weighted by Crippen LogP contribution is 2.26. The summed E-state index contributed by atoms with van der Waals surface area (Å²) in [6, 6.07) is 12.6. The highest BCUT2D eigenvalue weighted by atomic mass is 16.6. The second-order valence-electron chi connectivity index (χ2n) is 8.02. The van der Waals surface area contributed by atoms with Crippen LogP contribution in [0, 0.1) is 30.9 Å². The van der Waals surface area contributed by atoms with Crippen molar-refractivity contribution in [1.29, 1.82) is 0 Å². The number of aromatic nitrogens is 4. The van der Waals surface area contributed by atoms with Crippen molar-refractivity contribution in [3.63, 3.8) is 0 Å². The average Bonchev–Trinajstić information content (AvgIpc) is 3.31. The molecule has 36 heavy (non-hydrogen) atoms. The maximum Gasteiger partial charge on any atom is 0.338 e. The van der Waals surface area contributed by atoms with Crippen molar-refractivity contribution in [2.75, 3.05) is 6.61 Å². The molecule has 0 fully saturated rings. The molecule has 0 amide bonds. The molecular formula is C25H24N6O5. The minimum atomic E-state index is -0.457. The second kappa shape index (κ2) is 9.82. The number of ether oxygens (including phenoxy) is 1. The molecule has 2 heterocycles. The van der Waals surface area contributed by atoms with E-state index in [-0.39, 0.29) is 17.9 Å². The Kier molecular flexibility index (Phi) is 6.64. The van der Waals surface area contributed by atoms with E-state index in [9.17, 15) is 19.7 Å². The van der Waals surface area contributed by atoms with Gasteiger partial charge in [0.15, 0.2) is 0 Å². The van der Waals surface area contributed by atoms with Gasteiger partial charge in [0.05, 0.1) is 45.4 Å². The van der Waals surface area contributed by atoms with Gasteiger partial charge in [0.2, 0.25) is 0 Å². The molecular weight excluding hydrogens is 464 g/mol. The number of nitro benzene ring substituents is 1. The number of nitrogens with zero attached hydrogens (tertiary/aromatic N) is 5. The lowest BCUT2D eigenvalue weighted by Crippen LogP contribution is -2.17. The molecule has 0 aliphatic heterocycles. The van der Waals surface area contributed by atoms with E-state index >= 15 is 0 Å². The first-order valence-electron chi connectivity index (χ1n) is 11.2. The van der Waals surface area contributed by atoms with Crippen molar-refractivity contribution >= 4 is 23.6 Å². The monoisotopic (exact) mass is 488 g/mol. The van der Waals surface area contributed by atoms with Crippen LogP contribution >= 0.6 is 0 Å². The molecule has 2 aromatic carbocycles. The van der Waals surface area contributed by atoms with Crippen LogP contribution in [0.15, 0.2) is 58.3 Å². The first-order chi connectivity index (χ1) is 17.2. The second-order valence-corrected chi connectivity index (χ2v) is 8.02. The average molecular weight is 489 g/mol. The van der Waals surface area contributed by atoms with Crippen molar-refractivity contribution in [2.45, 2.75) is 27.7 Å². The van der Waals surface area contributed by atoms with Crippen LogP contribution < -0.4 is 5.56 Å². The van der Waals surface area contributed by atoms with Crippen molar-refractivity contribution in [1.82, 2.24) is 19.6 Å².